The van der Waals surface area contributed by atoms with Crippen molar-refractivity contribution >= 4 is 11.7 Å². The summed E-state index contributed by atoms with van der Waals surface area (Å²) in [6, 6.07) is 4.03. The Bertz CT molecular complexity index is 933. The lowest BCUT2D eigenvalue weighted by atomic mass is 10.1. The van der Waals surface area contributed by atoms with E-state index in [1.807, 2.05) is 46.1 Å². The molecule has 0 bridgehead atoms. The van der Waals surface area contributed by atoms with Crippen molar-refractivity contribution in [1.29, 1.82) is 0 Å². The number of nitrogens with zero attached hydrogens (tertiary/aromatic N) is 5. The molecule has 7 heteroatoms. The molecular formula is C19H24N6O. The largest absolute Gasteiger partial charge is 0.309 e. The Morgan fingerprint density at radius 3 is 2.46 bits per heavy atom. The minimum Gasteiger partial charge on any atom is -0.309 e. The van der Waals surface area contributed by atoms with Crippen LogP contribution in [0.2, 0.25) is 0 Å². The van der Waals surface area contributed by atoms with Gasteiger partial charge in [-0.05, 0) is 44.9 Å². The maximum Gasteiger partial charge on any atom is 0.247 e. The number of amides is 1. The van der Waals surface area contributed by atoms with Crippen LogP contribution in [0.15, 0.2) is 24.5 Å². The molecule has 0 unspecified atom stereocenters. The average molecular weight is 352 g/mol. The third-order valence-corrected chi connectivity index (χ3v) is 4.33. The molecule has 0 fully saturated rings. The molecule has 3 rings (SSSR count). The zero-order chi connectivity index (χ0) is 18.8. The summed E-state index contributed by atoms with van der Waals surface area (Å²) in [6.45, 7) is 8.11. The van der Waals surface area contributed by atoms with E-state index in [1.54, 1.807) is 15.6 Å². The van der Waals surface area contributed by atoms with Crippen LogP contribution < -0.4 is 5.32 Å². The van der Waals surface area contributed by atoms with Gasteiger partial charge in [0, 0.05) is 35.8 Å². The van der Waals surface area contributed by atoms with E-state index in [0.29, 0.717) is 0 Å². The van der Waals surface area contributed by atoms with Crippen molar-refractivity contribution in [3.63, 3.8) is 0 Å². The van der Waals surface area contributed by atoms with Gasteiger partial charge < -0.3 is 5.32 Å². The van der Waals surface area contributed by atoms with E-state index in [0.717, 1.165) is 46.0 Å². The van der Waals surface area contributed by atoms with Crippen LogP contribution in [-0.4, -0.2) is 30.5 Å². The van der Waals surface area contributed by atoms with Crippen molar-refractivity contribution in [2.24, 2.45) is 7.05 Å². The van der Waals surface area contributed by atoms with Crippen LogP contribution in [0.1, 0.15) is 29.6 Å². The quantitative estimate of drug-likeness (QED) is 0.766. The van der Waals surface area contributed by atoms with E-state index in [2.05, 4.69) is 27.4 Å². The highest BCUT2D eigenvalue weighted by atomic mass is 16.2. The molecule has 0 radical (unpaired) electrons. The van der Waals surface area contributed by atoms with Gasteiger partial charge in [0.05, 0.1) is 11.9 Å². The molecule has 3 aromatic rings. The van der Waals surface area contributed by atoms with Gasteiger partial charge >= 0.3 is 0 Å². The summed E-state index contributed by atoms with van der Waals surface area (Å²) in [5, 5.41) is 11.7. The van der Waals surface area contributed by atoms with Gasteiger partial charge in [0.1, 0.15) is 12.4 Å². The Balaban J connectivity index is 1.73. The second-order valence-corrected chi connectivity index (χ2v) is 6.51. The number of pyridine rings is 1. The molecule has 136 valence electrons. The molecule has 0 saturated carbocycles. The van der Waals surface area contributed by atoms with Crippen molar-refractivity contribution in [1.82, 2.24) is 24.5 Å². The van der Waals surface area contributed by atoms with Gasteiger partial charge in [0.25, 0.3) is 0 Å². The first-order chi connectivity index (χ1) is 12.4. The molecule has 3 heterocycles. The minimum absolute atomic E-state index is 0.129. The Morgan fingerprint density at radius 1 is 1.15 bits per heavy atom. The summed E-state index contributed by atoms with van der Waals surface area (Å²) in [5.41, 5.74) is 5.95. The second kappa shape index (κ2) is 7.11. The normalized spacial score (nSPS) is 11.0. The molecule has 0 aliphatic rings. The van der Waals surface area contributed by atoms with Crippen LogP contribution in [0.25, 0.3) is 11.1 Å². The third kappa shape index (κ3) is 3.66. The monoisotopic (exact) mass is 352 g/mol. The molecule has 0 spiro atoms. The lowest BCUT2D eigenvalue weighted by molar-refractivity contribution is -0.117. The highest BCUT2D eigenvalue weighted by Crippen LogP contribution is 2.21. The van der Waals surface area contributed by atoms with Crippen LogP contribution in [0.4, 0.5) is 5.82 Å². The first kappa shape index (κ1) is 17.8. The lowest BCUT2D eigenvalue weighted by Crippen LogP contribution is -2.21. The Kier molecular flexibility index (Phi) is 4.88. The highest BCUT2D eigenvalue weighted by Gasteiger charge is 2.14. The molecule has 7 nitrogen and oxygen atoms in total. The minimum atomic E-state index is -0.129. The van der Waals surface area contributed by atoms with Gasteiger partial charge in [-0.2, -0.15) is 10.2 Å². The summed E-state index contributed by atoms with van der Waals surface area (Å²) in [5.74, 6) is 0.607. The van der Waals surface area contributed by atoms with Gasteiger partial charge in [-0.15, -0.1) is 0 Å². The number of rotatable bonds is 5. The van der Waals surface area contributed by atoms with Crippen molar-refractivity contribution < 1.29 is 4.79 Å². The van der Waals surface area contributed by atoms with Crippen LogP contribution >= 0.6 is 0 Å². The molecular weight excluding hydrogens is 328 g/mol. The van der Waals surface area contributed by atoms with Gasteiger partial charge in [-0.3, -0.25) is 19.1 Å². The fourth-order valence-electron chi connectivity index (χ4n) is 3.11. The zero-order valence-electron chi connectivity index (χ0n) is 15.9. The van der Waals surface area contributed by atoms with Crippen molar-refractivity contribution in [3.05, 3.63) is 47.2 Å². The Labute approximate surface area is 153 Å². The molecule has 1 amide bonds. The molecule has 0 aliphatic heterocycles. The van der Waals surface area contributed by atoms with E-state index in [1.165, 1.54) is 0 Å². The van der Waals surface area contributed by atoms with E-state index < -0.39 is 0 Å². The average Bonchev–Trinajstić information content (AvgIpc) is 3.13. The zero-order valence-corrected chi connectivity index (χ0v) is 15.9. The fourth-order valence-corrected chi connectivity index (χ4v) is 3.11. The number of carbonyl (C=O) groups is 1. The fraction of sp³-hybridized carbons (Fsp3) is 0.368. The van der Waals surface area contributed by atoms with E-state index >= 15 is 0 Å². The van der Waals surface area contributed by atoms with Crippen LogP contribution in [0.5, 0.6) is 0 Å². The molecule has 0 aliphatic carbocycles. The van der Waals surface area contributed by atoms with Crippen molar-refractivity contribution in [3.8, 4) is 11.1 Å². The third-order valence-electron chi connectivity index (χ3n) is 4.33. The summed E-state index contributed by atoms with van der Waals surface area (Å²) in [6.07, 6.45) is 4.48. The Morgan fingerprint density at radius 2 is 1.85 bits per heavy atom. The van der Waals surface area contributed by atoms with Crippen LogP contribution in [0.3, 0.4) is 0 Å². The van der Waals surface area contributed by atoms with E-state index in [4.69, 9.17) is 0 Å². The van der Waals surface area contributed by atoms with E-state index in [9.17, 15) is 4.79 Å². The second-order valence-electron chi connectivity index (χ2n) is 6.51. The molecule has 0 saturated heterocycles. The van der Waals surface area contributed by atoms with Crippen molar-refractivity contribution in [2.45, 2.75) is 40.7 Å². The summed E-state index contributed by atoms with van der Waals surface area (Å²) in [4.78, 5) is 16.8. The maximum absolute atomic E-state index is 12.4. The van der Waals surface area contributed by atoms with Gasteiger partial charge in [-0.1, -0.05) is 6.92 Å². The standard InChI is InChI=1S/C19H24N6O/c1-6-17-14(4)19(24(5)23-17)22-18(26)11-25-10-16(9-20-25)15-7-12(2)21-13(3)8-15/h7-10H,6,11H2,1-5H3,(H,22,26). The first-order valence-corrected chi connectivity index (χ1v) is 8.67. The van der Waals surface area contributed by atoms with E-state index in [-0.39, 0.29) is 12.5 Å². The lowest BCUT2D eigenvalue weighted by Gasteiger charge is -2.07. The maximum atomic E-state index is 12.4. The van der Waals surface area contributed by atoms with Gasteiger partial charge in [0.15, 0.2) is 0 Å². The number of hydrogen-bond donors (Lipinski definition) is 1. The highest BCUT2D eigenvalue weighted by molar-refractivity contribution is 5.90. The number of aromatic nitrogens is 5. The predicted molar refractivity (Wildman–Crippen MR) is 101 cm³/mol. The summed E-state index contributed by atoms with van der Waals surface area (Å²) in [7, 11) is 1.84. The number of hydrogen-bond acceptors (Lipinski definition) is 4. The Hall–Kier alpha value is -2.96. The topological polar surface area (TPSA) is 77.6 Å². The molecule has 0 atom stereocenters. The summed E-state index contributed by atoms with van der Waals surface area (Å²) >= 11 is 0. The number of nitrogens with one attached hydrogen (secondary N) is 1. The summed E-state index contributed by atoms with van der Waals surface area (Å²) < 4.78 is 3.35. The van der Waals surface area contributed by atoms with Gasteiger partial charge in [0.2, 0.25) is 5.91 Å². The van der Waals surface area contributed by atoms with Gasteiger partial charge in [-0.25, -0.2) is 0 Å². The molecule has 0 aromatic carbocycles. The number of aryl methyl sites for hydroxylation is 4. The molecule has 1 N–H and O–H groups in total. The van der Waals surface area contributed by atoms with Crippen molar-refractivity contribution in [2.75, 3.05) is 5.32 Å². The molecule has 3 aromatic heterocycles. The number of carbonyl (C=O) groups excluding carboxylic acids is 1. The predicted octanol–water partition coefficient (Wildman–Crippen LogP) is 2.80. The van der Waals surface area contributed by atoms with Crippen LogP contribution in [-0.2, 0) is 24.8 Å². The molecule has 26 heavy (non-hydrogen) atoms. The SMILES string of the molecule is CCc1nn(C)c(NC(=O)Cn2cc(-c3cc(C)nc(C)c3)cn2)c1C. The smallest absolute Gasteiger partial charge is 0.247 e. The first-order valence-electron chi connectivity index (χ1n) is 8.67. The number of anilines is 1. The van der Waals surface area contributed by atoms with Crippen LogP contribution in [0, 0.1) is 20.8 Å².